The van der Waals surface area contributed by atoms with E-state index in [9.17, 15) is 4.21 Å². The minimum Gasteiger partial charge on any atom is -0.389 e. The largest absolute Gasteiger partial charge is 0.389 e. The number of aromatic nitrogens is 2. The first-order valence-electron chi connectivity index (χ1n) is 5.20. The van der Waals surface area contributed by atoms with E-state index < -0.39 is 10.8 Å². The summed E-state index contributed by atoms with van der Waals surface area (Å²) in [5.41, 5.74) is 6.25. The topological polar surface area (TPSA) is 80.9 Å². The molecule has 0 aromatic carbocycles. The van der Waals surface area contributed by atoms with Crippen molar-refractivity contribution in [2.24, 2.45) is 5.73 Å². The molecule has 0 aliphatic rings. The molecule has 0 radical (unpaired) electrons. The maximum Gasteiger partial charge on any atom is 0.158 e. The van der Waals surface area contributed by atoms with E-state index in [0.717, 1.165) is 6.42 Å². The van der Waals surface area contributed by atoms with Gasteiger partial charge in [0.05, 0.1) is 11.8 Å². The lowest BCUT2D eigenvalue weighted by molar-refractivity contribution is 0.672. The Morgan fingerprint density at radius 2 is 2.41 bits per heavy atom. The van der Waals surface area contributed by atoms with Gasteiger partial charge in [-0.1, -0.05) is 19.1 Å². The highest BCUT2D eigenvalue weighted by atomic mass is 32.2. The van der Waals surface area contributed by atoms with Crippen LogP contribution in [-0.2, 0) is 10.8 Å². The van der Waals surface area contributed by atoms with Crippen molar-refractivity contribution < 1.29 is 4.21 Å². The van der Waals surface area contributed by atoms with Crippen molar-refractivity contribution in [3.63, 3.8) is 0 Å². The van der Waals surface area contributed by atoms with Crippen LogP contribution in [0.25, 0.3) is 0 Å². The van der Waals surface area contributed by atoms with Crippen LogP contribution in [-0.4, -0.2) is 37.4 Å². The van der Waals surface area contributed by atoms with Crippen LogP contribution in [0.3, 0.4) is 0 Å². The fraction of sp³-hybridized carbons (Fsp3) is 0.500. The third-order valence-electron chi connectivity index (χ3n) is 2.40. The Bertz CT molecular complexity index is 425. The Balaban J connectivity index is 2.58. The van der Waals surface area contributed by atoms with Crippen LogP contribution >= 0.6 is 12.2 Å². The number of rotatable bonds is 6. The fourth-order valence-electron chi connectivity index (χ4n) is 1.22. The van der Waals surface area contributed by atoms with Gasteiger partial charge in [-0.2, -0.15) is 5.10 Å². The molecule has 1 aromatic rings. The van der Waals surface area contributed by atoms with E-state index in [-0.39, 0.29) is 10.2 Å². The van der Waals surface area contributed by atoms with Crippen molar-refractivity contribution in [1.29, 1.82) is 0 Å². The summed E-state index contributed by atoms with van der Waals surface area (Å²) in [5, 5.41) is 11.0. The summed E-state index contributed by atoms with van der Waals surface area (Å²) in [6, 6.07) is 1.72. The van der Waals surface area contributed by atoms with Crippen molar-refractivity contribution in [2.45, 2.75) is 18.6 Å². The zero-order chi connectivity index (χ0) is 12.8. The van der Waals surface area contributed by atoms with Crippen LogP contribution in [0.2, 0.25) is 0 Å². The van der Waals surface area contributed by atoms with Crippen molar-refractivity contribution in [3.8, 4) is 0 Å². The van der Waals surface area contributed by atoms with Crippen LogP contribution in [0, 0.1) is 0 Å². The highest BCUT2D eigenvalue weighted by Gasteiger charge is 2.08. The Labute approximate surface area is 109 Å². The molecule has 0 fully saturated rings. The summed E-state index contributed by atoms with van der Waals surface area (Å²) in [6.07, 6.45) is 4.04. The highest BCUT2D eigenvalue weighted by Crippen LogP contribution is 2.10. The van der Waals surface area contributed by atoms with Gasteiger partial charge in [0.1, 0.15) is 4.99 Å². The molecular weight excluding hydrogens is 256 g/mol. The second-order valence-corrected chi connectivity index (χ2v) is 5.92. The van der Waals surface area contributed by atoms with E-state index in [0.29, 0.717) is 17.9 Å². The first kappa shape index (κ1) is 14.0. The number of hydrogen-bond donors (Lipinski definition) is 2. The van der Waals surface area contributed by atoms with Crippen LogP contribution in [0.5, 0.6) is 0 Å². The number of thiocarbonyl (C=S) groups is 1. The molecule has 1 rings (SSSR count). The molecule has 2 unspecified atom stereocenters. The molecule has 0 saturated carbocycles. The predicted octanol–water partition coefficient (Wildman–Crippen LogP) is 0.680. The molecule has 0 spiro atoms. The summed E-state index contributed by atoms with van der Waals surface area (Å²) in [7, 11) is -0.809. The quantitative estimate of drug-likeness (QED) is 0.741. The molecule has 1 aromatic heterocycles. The summed E-state index contributed by atoms with van der Waals surface area (Å²) >= 11 is 4.91. The molecule has 0 aliphatic heterocycles. The van der Waals surface area contributed by atoms with Gasteiger partial charge in [0.2, 0.25) is 0 Å². The molecule has 0 saturated heterocycles. The molecule has 0 bridgehead atoms. The van der Waals surface area contributed by atoms with Crippen LogP contribution in [0.4, 0.5) is 5.82 Å². The molecule has 17 heavy (non-hydrogen) atoms. The fourth-order valence-corrected chi connectivity index (χ4v) is 1.84. The molecule has 94 valence electrons. The Hall–Kier alpha value is -1.08. The van der Waals surface area contributed by atoms with Crippen molar-refractivity contribution in [3.05, 3.63) is 17.8 Å². The zero-order valence-electron chi connectivity index (χ0n) is 9.84. The monoisotopic (exact) mass is 272 g/mol. The Morgan fingerprint density at radius 3 is 3.00 bits per heavy atom. The lowest BCUT2D eigenvalue weighted by Crippen LogP contribution is -2.18. The number of hydrogen-bond acceptors (Lipinski definition) is 5. The number of nitrogens with two attached hydrogens (primary N) is 1. The maximum absolute atomic E-state index is 11.2. The number of anilines is 1. The van der Waals surface area contributed by atoms with E-state index in [1.165, 1.54) is 0 Å². The van der Waals surface area contributed by atoms with Gasteiger partial charge in [-0.3, -0.25) is 4.21 Å². The normalized spacial score (nSPS) is 14.0. The number of nitrogens with zero attached hydrogens (tertiary/aromatic N) is 2. The van der Waals surface area contributed by atoms with Crippen LogP contribution in [0.1, 0.15) is 18.9 Å². The molecular formula is C10H16N4OS2. The second-order valence-electron chi connectivity index (χ2n) is 3.68. The van der Waals surface area contributed by atoms with E-state index in [1.807, 2.05) is 6.92 Å². The van der Waals surface area contributed by atoms with E-state index in [4.69, 9.17) is 18.0 Å². The molecule has 0 aliphatic carbocycles. The van der Waals surface area contributed by atoms with Gasteiger partial charge in [-0.05, 0) is 12.5 Å². The summed E-state index contributed by atoms with van der Waals surface area (Å²) in [5.74, 6) is 0.578. The van der Waals surface area contributed by atoms with Crippen molar-refractivity contribution in [1.82, 2.24) is 10.2 Å². The van der Waals surface area contributed by atoms with Gasteiger partial charge in [0, 0.05) is 28.9 Å². The average molecular weight is 272 g/mol. The van der Waals surface area contributed by atoms with Gasteiger partial charge in [0.15, 0.2) is 5.82 Å². The van der Waals surface area contributed by atoms with Crippen molar-refractivity contribution >= 4 is 33.8 Å². The SMILES string of the molecule is CC(CCNc1nnccc1C(N)=S)S(C)=O. The smallest absolute Gasteiger partial charge is 0.158 e. The van der Waals surface area contributed by atoms with Crippen molar-refractivity contribution in [2.75, 3.05) is 18.1 Å². The molecule has 3 N–H and O–H groups in total. The third-order valence-corrected chi connectivity index (χ3v) is 3.99. The maximum atomic E-state index is 11.2. The third kappa shape index (κ3) is 4.35. The van der Waals surface area contributed by atoms with E-state index in [2.05, 4.69) is 15.5 Å². The minimum atomic E-state index is -0.809. The van der Waals surface area contributed by atoms with Gasteiger partial charge in [-0.15, -0.1) is 5.10 Å². The van der Waals surface area contributed by atoms with Gasteiger partial charge < -0.3 is 11.1 Å². The van der Waals surface area contributed by atoms with E-state index >= 15 is 0 Å². The first-order valence-corrected chi connectivity index (χ1v) is 7.23. The Morgan fingerprint density at radius 1 is 1.71 bits per heavy atom. The summed E-state index contributed by atoms with van der Waals surface area (Å²) < 4.78 is 11.2. The Kier molecular flexibility index (Phi) is 5.43. The average Bonchev–Trinajstić information content (AvgIpc) is 2.29. The lowest BCUT2D eigenvalue weighted by Gasteiger charge is -2.11. The van der Waals surface area contributed by atoms with E-state index in [1.54, 1.807) is 18.5 Å². The molecule has 5 nitrogen and oxygen atoms in total. The van der Waals surface area contributed by atoms with Crippen LogP contribution < -0.4 is 11.1 Å². The van der Waals surface area contributed by atoms with Crippen LogP contribution in [0.15, 0.2) is 12.3 Å². The number of nitrogens with one attached hydrogen (secondary N) is 1. The minimum absolute atomic E-state index is 0.146. The molecule has 2 atom stereocenters. The molecule has 1 heterocycles. The highest BCUT2D eigenvalue weighted by molar-refractivity contribution is 7.84. The summed E-state index contributed by atoms with van der Waals surface area (Å²) in [6.45, 7) is 2.61. The first-order chi connectivity index (χ1) is 8.02. The zero-order valence-corrected chi connectivity index (χ0v) is 11.5. The second kappa shape index (κ2) is 6.61. The summed E-state index contributed by atoms with van der Waals surface area (Å²) in [4.78, 5) is 0.287. The molecule has 0 amide bonds. The van der Waals surface area contributed by atoms with Gasteiger partial charge in [0.25, 0.3) is 0 Å². The lowest BCUT2D eigenvalue weighted by atomic mass is 10.2. The van der Waals surface area contributed by atoms with Gasteiger partial charge >= 0.3 is 0 Å². The molecule has 7 heteroatoms. The van der Waals surface area contributed by atoms with Gasteiger partial charge in [-0.25, -0.2) is 0 Å². The predicted molar refractivity (Wildman–Crippen MR) is 74.6 cm³/mol. The standard InChI is InChI=1S/C10H16N4OS2/c1-7(17(2)15)3-5-12-10-8(9(11)16)4-6-13-14-10/h4,6-7H,3,5H2,1-2H3,(H2,11,16)(H,12,14).